The molecule has 3 amide bonds. The van der Waals surface area contributed by atoms with E-state index in [0.29, 0.717) is 34.5 Å². The fraction of sp³-hybridized carbons (Fsp3) is 0.348. The Bertz CT molecular complexity index is 955. The molecule has 1 aliphatic heterocycles. The summed E-state index contributed by atoms with van der Waals surface area (Å²) in [6.07, 6.45) is 3.14. The molecule has 4 atom stereocenters. The minimum atomic E-state index is -0.254. The van der Waals surface area contributed by atoms with Gasteiger partial charge in [-0.15, -0.1) is 0 Å². The molecule has 6 nitrogen and oxygen atoms in total. The Hall–Kier alpha value is -3.15. The normalized spacial score (nSPS) is 27.3. The monoisotopic (exact) mass is 390 g/mol. The van der Waals surface area contributed by atoms with Gasteiger partial charge < -0.3 is 10.1 Å². The molecule has 1 heterocycles. The molecular formula is C23H22N2O4. The molecule has 2 aromatic carbocycles. The lowest BCUT2D eigenvalue weighted by Crippen LogP contribution is -2.32. The number of methoxy groups -OCH3 is 1. The van der Waals surface area contributed by atoms with Gasteiger partial charge in [0.25, 0.3) is 5.91 Å². The number of hydrogen-bond donors (Lipinski definition) is 1. The van der Waals surface area contributed by atoms with Crippen LogP contribution in [-0.4, -0.2) is 24.8 Å². The van der Waals surface area contributed by atoms with Crippen LogP contribution in [0, 0.1) is 23.7 Å². The van der Waals surface area contributed by atoms with Crippen molar-refractivity contribution < 1.29 is 19.1 Å². The Balaban J connectivity index is 1.32. The van der Waals surface area contributed by atoms with E-state index in [1.54, 1.807) is 55.6 Å². The van der Waals surface area contributed by atoms with Gasteiger partial charge in [0.15, 0.2) is 0 Å². The van der Waals surface area contributed by atoms with E-state index in [1.807, 2.05) is 0 Å². The van der Waals surface area contributed by atoms with Crippen molar-refractivity contribution >= 4 is 29.1 Å². The number of amides is 3. The van der Waals surface area contributed by atoms with Crippen molar-refractivity contribution in [2.45, 2.75) is 19.3 Å². The van der Waals surface area contributed by atoms with Crippen molar-refractivity contribution in [2.75, 3.05) is 17.3 Å². The number of nitrogens with zero attached hydrogens (tertiary/aromatic N) is 1. The number of benzene rings is 2. The van der Waals surface area contributed by atoms with Crippen LogP contribution in [-0.2, 0) is 9.59 Å². The Morgan fingerprint density at radius 2 is 1.52 bits per heavy atom. The second-order valence-electron chi connectivity index (χ2n) is 8.13. The average molecular weight is 390 g/mol. The second-order valence-corrected chi connectivity index (χ2v) is 8.13. The molecule has 2 saturated carbocycles. The summed E-state index contributed by atoms with van der Waals surface area (Å²) < 4.78 is 5.11. The molecule has 0 spiro atoms. The summed E-state index contributed by atoms with van der Waals surface area (Å²) >= 11 is 0. The second kappa shape index (κ2) is 6.72. The summed E-state index contributed by atoms with van der Waals surface area (Å²) in [6, 6.07) is 13.7. The maximum absolute atomic E-state index is 12.9. The summed E-state index contributed by atoms with van der Waals surface area (Å²) in [5, 5.41) is 2.83. The fourth-order valence-electron chi connectivity index (χ4n) is 5.30. The molecule has 2 bridgehead atoms. The van der Waals surface area contributed by atoms with Crippen LogP contribution in [0.25, 0.3) is 0 Å². The lowest BCUT2D eigenvalue weighted by molar-refractivity contribution is -0.123. The number of hydrogen-bond acceptors (Lipinski definition) is 4. The van der Waals surface area contributed by atoms with Gasteiger partial charge in [-0.1, -0.05) is 0 Å². The molecule has 148 valence electrons. The van der Waals surface area contributed by atoms with E-state index in [9.17, 15) is 14.4 Å². The fourth-order valence-corrected chi connectivity index (χ4v) is 5.30. The Labute approximate surface area is 168 Å². The summed E-state index contributed by atoms with van der Waals surface area (Å²) in [4.78, 5) is 39.7. The number of rotatable bonds is 4. The van der Waals surface area contributed by atoms with Crippen LogP contribution in [0.3, 0.4) is 0 Å². The highest BCUT2D eigenvalue weighted by atomic mass is 16.5. The molecule has 1 N–H and O–H groups in total. The van der Waals surface area contributed by atoms with Crippen LogP contribution in [0.1, 0.15) is 29.6 Å². The summed E-state index contributed by atoms with van der Waals surface area (Å²) in [5.74, 6) is 0.770. The standard InChI is InChI=1S/C23H22N2O4/c1-29-18-10-6-16(7-11-18)24-21(26)13-4-8-17(9-5-13)25-22(27)19-14-2-3-15(12-14)20(19)23(25)28/h4-11,14-15,19-20H,2-3,12H2,1H3,(H,24,26)/t14-,15+,19-,20+. The largest absolute Gasteiger partial charge is 0.497 e. The van der Waals surface area contributed by atoms with E-state index in [4.69, 9.17) is 4.74 Å². The van der Waals surface area contributed by atoms with Crippen LogP contribution in [0.4, 0.5) is 11.4 Å². The number of carbonyl (C=O) groups is 3. The Morgan fingerprint density at radius 1 is 0.931 bits per heavy atom. The van der Waals surface area contributed by atoms with Crippen LogP contribution in [0.15, 0.2) is 48.5 Å². The summed E-state index contributed by atoms with van der Waals surface area (Å²) in [5.41, 5.74) is 1.67. The van der Waals surface area contributed by atoms with Crippen molar-refractivity contribution in [3.05, 3.63) is 54.1 Å². The molecule has 5 rings (SSSR count). The quantitative estimate of drug-likeness (QED) is 0.811. The number of nitrogens with one attached hydrogen (secondary N) is 1. The van der Waals surface area contributed by atoms with Crippen LogP contribution >= 0.6 is 0 Å². The van der Waals surface area contributed by atoms with Gasteiger partial charge in [0.1, 0.15) is 5.75 Å². The van der Waals surface area contributed by atoms with E-state index in [1.165, 1.54) is 4.90 Å². The molecule has 0 radical (unpaired) electrons. The molecule has 3 fully saturated rings. The van der Waals surface area contributed by atoms with Gasteiger partial charge in [-0.3, -0.25) is 19.3 Å². The minimum absolute atomic E-state index is 0.0670. The zero-order valence-electron chi connectivity index (χ0n) is 16.1. The highest BCUT2D eigenvalue weighted by molar-refractivity contribution is 6.22. The van der Waals surface area contributed by atoms with E-state index in [0.717, 1.165) is 19.3 Å². The lowest BCUT2D eigenvalue weighted by atomic mass is 9.81. The first-order valence-electron chi connectivity index (χ1n) is 10.00. The first-order valence-corrected chi connectivity index (χ1v) is 10.00. The molecule has 2 aliphatic carbocycles. The number of ether oxygens (including phenoxy) is 1. The third kappa shape index (κ3) is 2.82. The zero-order chi connectivity index (χ0) is 20.1. The Kier molecular flexibility index (Phi) is 4.15. The predicted octanol–water partition coefficient (Wildman–Crippen LogP) is 3.48. The lowest BCUT2D eigenvalue weighted by Gasteiger charge is -2.19. The molecule has 29 heavy (non-hydrogen) atoms. The SMILES string of the molecule is COc1ccc(NC(=O)c2ccc(N3C(=O)[C@@H]4[C@@H]5CC[C@@H](C5)[C@@H]4C3=O)cc2)cc1. The van der Waals surface area contributed by atoms with Gasteiger partial charge in [-0.05, 0) is 79.6 Å². The van der Waals surface area contributed by atoms with Gasteiger partial charge >= 0.3 is 0 Å². The maximum atomic E-state index is 12.9. The smallest absolute Gasteiger partial charge is 0.255 e. The molecule has 3 aliphatic rings. The molecule has 0 aromatic heterocycles. The third-order valence-corrected chi connectivity index (χ3v) is 6.66. The van der Waals surface area contributed by atoms with Crippen molar-refractivity contribution in [1.29, 1.82) is 0 Å². The average Bonchev–Trinajstić information content (AvgIpc) is 3.42. The van der Waals surface area contributed by atoms with Gasteiger partial charge in [-0.25, -0.2) is 0 Å². The van der Waals surface area contributed by atoms with Crippen molar-refractivity contribution in [1.82, 2.24) is 0 Å². The van der Waals surface area contributed by atoms with Gasteiger partial charge in [0, 0.05) is 11.3 Å². The van der Waals surface area contributed by atoms with Crippen LogP contribution in [0.5, 0.6) is 5.75 Å². The first kappa shape index (κ1) is 17.9. The van der Waals surface area contributed by atoms with Crippen LogP contribution in [0.2, 0.25) is 0 Å². The molecule has 6 heteroatoms. The molecule has 1 saturated heterocycles. The van der Waals surface area contributed by atoms with Gasteiger partial charge in [0.2, 0.25) is 11.8 Å². The van der Waals surface area contributed by atoms with Crippen molar-refractivity contribution in [3.8, 4) is 5.75 Å². The number of imide groups is 1. The number of anilines is 2. The molecule has 2 aromatic rings. The summed E-state index contributed by atoms with van der Waals surface area (Å²) in [7, 11) is 1.59. The summed E-state index contributed by atoms with van der Waals surface area (Å²) in [6.45, 7) is 0. The minimum Gasteiger partial charge on any atom is -0.497 e. The van der Waals surface area contributed by atoms with E-state index < -0.39 is 0 Å². The van der Waals surface area contributed by atoms with Crippen molar-refractivity contribution in [3.63, 3.8) is 0 Å². The topological polar surface area (TPSA) is 75.7 Å². The van der Waals surface area contributed by atoms with E-state index in [-0.39, 0.29) is 29.6 Å². The van der Waals surface area contributed by atoms with E-state index in [2.05, 4.69) is 5.32 Å². The number of carbonyl (C=O) groups excluding carboxylic acids is 3. The molecular weight excluding hydrogens is 368 g/mol. The van der Waals surface area contributed by atoms with Crippen molar-refractivity contribution in [2.24, 2.45) is 23.7 Å². The maximum Gasteiger partial charge on any atom is 0.255 e. The Morgan fingerprint density at radius 3 is 2.07 bits per heavy atom. The third-order valence-electron chi connectivity index (χ3n) is 6.66. The predicted molar refractivity (Wildman–Crippen MR) is 108 cm³/mol. The van der Waals surface area contributed by atoms with Gasteiger partial charge in [0.05, 0.1) is 24.6 Å². The van der Waals surface area contributed by atoms with Crippen LogP contribution < -0.4 is 15.0 Å². The first-order chi connectivity index (χ1) is 14.1. The highest BCUT2D eigenvalue weighted by Crippen LogP contribution is 2.56. The van der Waals surface area contributed by atoms with E-state index >= 15 is 0 Å². The number of fused-ring (bicyclic) bond motifs is 5. The zero-order valence-corrected chi connectivity index (χ0v) is 16.1. The van der Waals surface area contributed by atoms with Gasteiger partial charge in [-0.2, -0.15) is 0 Å². The highest BCUT2D eigenvalue weighted by Gasteiger charge is 2.61. The molecule has 0 unspecified atom stereocenters.